The quantitative estimate of drug-likeness (QED) is 0.467. The highest BCUT2D eigenvalue weighted by atomic mass is 16.5. The van der Waals surface area contributed by atoms with Gasteiger partial charge in [0.25, 0.3) is 0 Å². The van der Waals surface area contributed by atoms with E-state index in [0.717, 1.165) is 43.3 Å². The summed E-state index contributed by atoms with van der Waals surface area (Å²) in [5.41, 5.74) is 1.88. The van der Waals surface area contributed by atoms with Crippen LogP contribution < -0.4 is 0 Å². The Morgan fingerprint density at radius 3 is 2.34 bits per heavy atom. The van der Waals surface area contributed by atoms with Crippen molar-refractivity contribution in [1.29, 1.82) is 0 Å². The average molecular weight is 481 g/mol. The van der Waals surface area contributed by atoms with Crippen LogP contribution in [0.15, 0.2) is 46.3 Å². The van der Waals surface area contributed by atoms with E-state index in [9.17, 15) is 19.8 Å². The molecule has 5 aliphatic carbocycles. The predicted molar refractivity (Wildman–Crippen MR) is 134 cm³/mol. The van der Waals surface area contributed by atoms with E-state index < -0.39 is 16.9 Å². The van der Waals surface area contributed by atoms with Crippen molar-refractivity contribution in [2.75, 3.05) is 7.11 Å². The number of hydrogen-bond donors (Lipinski definition) is 2. The smallest absolute Gasteiger partial charge is 0.311 e. The number of rotatable bonds is 1. The number of ether oxygens (including phenoxy) is 1. The molecule has 0 spiro atoms. The van der Waals surface area contributed by atoms with Crippen molar-refractivity contribution < 1.29 is 24.5 Å². The molecule has 2 N–H and O–H groups in total. The van der Waals surface area contributed by atoms with Crippen LogP contribution in [-0.2, 0) is 14.3 Å². The lowest BCUT2D eigenvalue weighted by molar-refractivity contribution is -0.193. The van der Waals surface area contributed by atoms with Crippen LogP contribution in [0.2, 0.25) is 0 Å². The van der Waals surface area contributed by atoms with Crippen LogP contribution in [0.3, 0.4) is 0 Å². The van der Waals surface area contributed by atoms with Gasteiger partial charge in [-0.15, -0.1) is 0 Å². The van der Waals surface area contributed by atoms with Crippen molar-refractivity contribution in [3.63, 3.8) is 0 Å². The van der Waals surface area contributed by atoms with Crippen molar-refractivity contribution in [2.24, 2.45) is 33.0 Å². The second-order valence-corrected chi connectivity index (χ2v) is 13.2. The Morgan fingerprint density at radius 1 is 1.03 bits per heavy atom. The number of carbonyl (C=O) groups is 2. The van der Waals surface area contributed by atoms with Crippen LogP contribution in [0.25, 0.3) is 0 Å². The van der Waals surface area contributed by atoms with Gasteiger partial charge in [-0.05, 0) is 98.7 Å². The molecule has 35 heavy (non-hydrogen) atoms. The van der Waals surface area contributed by atoms with Gasteiger partial charge in [0, 0.05) is 11.0 Å². The monoisotopic (exact) mass is 480 g/mol. The van der Waals surface area contributed by atoms with Gasteiger partial charge in [-0.25, -0.2) is 0 Å². The molecule has 190 valence electrons. The number of methoxy groups -OCH3 is 1. The zero-order chi connectivity index (χ0) is 25.8. The zero-order valence-corrected chi connectivity index (χ0v) is 22.2. The highest BCUT2D eigenvalue weighted by Crippen LogP contribution is 2.75. The highest BCUT2D eigenvalue weighted by Gasteiger charge is 2.69. The van der Waals surface area contributed by atoms with E-state index >= 15 is 0 Å². The second kappa shape index (κ2) is 7.21. The Hall–Kier alpha value is -2.14. The molecule has 5 aliphatic rings. The van der Waals surface area contributed by atoms with Crippen molar-refractivity contribution in [3.05, 3.63) is 46.3 Å². The normalized spacial score (nSPS) is 46.9. The van der Waals surface area contributed by atoms with Crippen molar-refractivity contribution >= 4 is 11.8 Å². The molecule has 0 radical (unpaired) electrons. The van der Waals surface area contributed by atoms with Gasteiger partial charge in [0.15, 0.2) is 5.76 Å². The lowest BCUT2D eigenvalue weighted by atomic mass is 9.34. The molecule has 0 bridgehead atoms. The Morgan fingerprint density at radius 2 is 1.69 bits per heavy atom. The third-order valence-electron chi connectivity index (χ3n) is 11.6. The second-order valence-electron chi connectivity index (χ2n) is 13.2. The fraction of sp³-hybridized carbons (Fsp3) is 0.667. The maximum atomic E-state index is 12.8. The number of ketones is 1. The lowest BCUT2D eigenvalue weighted by Gasteiger charge is -2.70. The number of hydrogen-bond acceptors (Lipinski definition) is 5. The maximum absolute atomic E-state index is 12.8. The van der Waals surface area contributed by atoms with Gasteiger partial charge in [-0.2, -0.15) is 0 Å². The maximum Gasteiger partial charge on any atom is 0.311 e. The van der Waals surface area contributed by atoms with E-state index in [1.54, 1.807) is 6.92 Å². The summed E-state index contributed by atoms with van der Waals surface area (Å²) in [5.74, 6) is -0.474. The third-order valence-corrected chi connectivity index (χ3v) is 11.6. The minimum absolute atomic E-state index is 0.108. The van der Waals surface area contributed by atoms with Crippen LogP contribution in [0.5, 0.6) is 0 Å². The van der Waals surface area contributed by atoms with Gasteiger partial charge < -0.3 is 14.9 Å². The van der Waals surface area contributed by atoms with E-state index in [1.807, 2.05) is 13.0 Å². The van der Waals surface area contributed by atoms with E-state index in [1.165, 1.54) is 18.8 Å². The molecule has 0 amide bonds. The Balaban J connectivity index is 1.67. The summed E-state index contributed by atoms with van der Waals surface area (Å²) in [6.45, 7) is 13.0. The molecule has 5 nitrogen and oxygen atoms in total. The first kappa shape index (κ1) is 24.5. The Bertz CT molecular complexity index is 1160. The average Bonchev–Trinajstić information content (AvgIpc) is 2.81. The minimum atomic E-state index is -0.704. The molecule has 0 aromatic heterocycles. The summed E-state index contributed by atoms with van der Waals surface area (Å²) < 4.78 is 5.24. The first-order valence-electron chi connectivity index (χ1n) is 13.0. The molecule has 0 heterocycles. The van der Waals surface area contributed by atoms with E-state index in [0.29, 0.717) is 12.0 Å². The van der Waals surface area contributed by atoms with Gasteiger partial charge in [-0.3, -0.25) is 9.59 Å². The molecule has 0 aromatic rings. The fourth-order valence-corrected chi connectivity index (χ4v) is 8.92. The molecule has 0 aromatic carbocycles. The third kappa shape index (κ3) is 2.85. The predicted octanol–water partition coefficient (Wildman–Crippen LogP) is 5.76. The number of fused-ring (bicyclic) bond motifs is 7. The van der Waals surface area contributed by atoms with E-state index in [4.69, 9.17) is 4.74 Å². The number of carbonyl (C=O) groups excluding carboxylic acids is 2. The number of aliphatic hydroxyl groups excluding tert-OH is 2. The van der Waals surface area contributed by atoms with Crippen molar-refractivity contribution in [3.8, 4) is 0 Å². The molecule has 3 fully saturated rings. The molecular weight excluding hydrogens is 440 g/mol. The highest BCUT2D eigenvalue weighted by molar-refractivity contribution is 6.06. The number of allylic oxidation sites excluding steroid dienone is 5. The summed E-state index contributed by atoms with van der Waals surface area (Å²) >= 11 is 0. The summed E-state index contributed by atoms with van der Waals surface area (Å²) in [7, 11) is 1.48. The van der Waals surface area contributed by atoms with E-state index in [2.05, 4.69) is 33.8 Å². The molecule has 0 saturated heterocycles. The Labute approximate surface area is 209 Å². The van der Waals surface area contributed by atoms with Crippen LogP contribution in [0, 0.1) is 33.0 Å². The number of aliphatic hydroxyl groups is 2. The van der Waals surface area contributed by atoms with Crippen molar-refractivity contribution in [1.82, 2.24) is 0 Å². The SMILES string of the molecule is COC(=O)[C@@]1(C)CC[C@]2(C)CC[C@]3(C)C4=CC=C5C(=CC(=O)C(O)=C5C)[C@]4(C)[C@@H](O)C[C@@]3(C)[C@@H]2C1. The first-order chi connectivity index (χ1) is 16.2. The molecule has 5 heteroatoms. The molecular formula is C30H40O5. The molecule has 7 atom stereocenters. The standard InChI is InChI=1S/C30H40O5/c1-17-18-8-9-21-28(4)13-12-26(2)10-11-27(3,25(34)35-7)15-22(26)29(28,5)16-23(32)30(21,6)19(18)14-20(31)24(17)33/h8-9,14,22-23,32-33H,10-13,15-16H2,1-7H3/t22-,23+,26-,27+,28-,29+,30+/m1/s1. The summed E-state index contributed by atoms with van der Waals surface area (Å²) in [6, 6.07) is 0. The van der Waals surface area contributed by atoms with Crippen LogP contribution in [0.1, 0.15) is 80.1 Å². The van der Waals surface area contributed by atoms with Gasteiger partial charge in [0.2, 0.25) is 5.78 Å². The molecule has 0 unspecified atom stereocenters. The minimum Gasteiger partial charge on any atom is -0.504 e. The van der Waals surface area contributed by atoms with Crippen LogP contribution in [-0.4, -0.2) is 35.2 Å². The molecule has 3 saturated carbocycles. The van der Waals surface area contributed by atoms with Crippen molar-refractivity contribution in [2.45, 2.75) is 86.2 Å². The van der Waals surface area contributed by atoms with Crippen LogP contribution >= 0.6 is 0 Å². The fourth-order valence-electron chi connectivity index (χ4n) is 8.92. The van der Waals surface area contributed by atoms with Gasteiger partial charge in [-0.1, -0.05) is 38.5 Å². The van der Waals surface area contributed by atoms with Gasteiger partial charge >= 0.3 is 5.97 Å². The molecule has 0 aliphatic heterocycles. The Kier molecular flexibility index (Phi) is 5.06. The van der Waals surface area contributed by atoms with E-state index in [-0.39, 0.29) is 39.7 Å². The summed E-state index contributed by atoms with van der Waals surface area (Å²) in [4.78, 5) is 25.5. The first-order valence-corrected chi connectivity index (χ1v) is 13.0. The van der Waals surface area contributed by atoms with Gasteiger partial charge in [0.05, 0.1) is 18.6 Å². The number of esters is 1. The zero-order valence-electron chi connectivity index (χ0n) is 22.2. The topological polar surface area (TPSA) is 83.8 Å². The lowest BCUT2D eigenvalue weighted by Crippen LogP contribution is -2.65. The van der Waals surface area contributed by atoms with Gasteiger partial charge in [0.1, 0.15) is 0 Å². The summed E-state index contributed by atoms with van der Waals surface area (Å²) in [5, 5.41) is 22.2. The molecule has 5 rings (SSSR count). The largest absolute Gasteiger partial charge is 0.504 e. The van der Waals surface area contributed by atoms with Crippen LogP contribution in [0.4, 0.5) is 0 Å². The summed E-state index contributed by atoms with van der Waals surface area (Å²) in [6.07, 6.45) is 10.3.